The van der Waals surface area contributed by atoms with Gasteiger partial charge in [-0.05, 0) is 38.6 Å². The molecule has 0 aromatic heterocycles. The molecule has 0 bridgehead atoms. The molecule has 1 atom stereocenters. The number of likely N-dealkylation sites (N-methyl/N-ethyl adjacent to an activating group) is 1. The Kier molecular flexibility index (Phi) is 8.06. The number of urea groups is 1. The predicted molar refractivity (Wildman–Crippen MR) is 87.8 cm³/mol. The van der Waals surface area contributed by atoms with Crippen molar-refractivity contribution in [1.29, 1.82) is 0 Å². The lowest BCUT2D eigenvalue weighted by atomic mass is 10.1. The van der Waals surface area contributed by atoms with Gasteiger partial charge in [-0.2, -0.15) is 8.78 Å². The summed E-state index contributed by atoms with van der Waals surface area (Å²) in [7, 11) is 3.12. The highest BCUT2D eigenvalue weighted by Crippen LogP contribution is 2.30. The quantitative estimate of drug-likeness (QED) is 0.742. The van der Waals surface area contributed by atoms with Crippen LogP contribution in [-0.4, -0.2) is 50.2 Å². The summed E-state index contributed by atoms with van der Waals surface area (Å²) in [6, 6.07) is 3.43. The summed E-state index contributed by atoms with van der Waals surface area (Å²) < 4.78 is 34.6. The third kappa shape index (κ3) is 6.54. The summed E-state index contributed by atoms with van der Waals surface area (Å²) in [4.78, 5) is 24.8. The Hall–Kier alpha value is -2.42. The SMILES string of the molecule is CCOc1cc(CN(C)C(C)C(=O)NC(=O)NC)ccc1OC(F)F. The van der Waals surface area contributed by atoms with Crippen molar-refractivity contribution in [3.63, 3.8) is 0 Å². The first-order valence-corrected chi connectivity index (χ1v) is 7.71. The van der Waals surface area contributed by atoms with Crippen molar-refractivity contribution in [2.24, 2.45) is 0 Å². The van der Waals surface area contributed by atoms with E-state index in [-0.39, 0.29) is 11.5 Å². The van der Waals surface area contributed by atoms with Gasteiger partial charge in [0, 0.05) is 13.6 Å². The average Bonchev–Trinajstić information content (AvgIpc) is 2.56. The molecular weight excluding hydrogens is 336 g/mol. The Balaban J connectivity index is 2.82. The standard InChI is InChI=1S/C16H23F2N3O4/c1-5-24-13-8-11(6-7-12(13)25-15(17)18)9-21(4)10(2)14(22)20-16(23)19-3/h6-8,10,15H,5,9H2,1-4H3,(H2,19,20,22,23). The van der Waals surface area contributed by atoms with E-state index in [0.717, 1.165) is 5.56 Å². The van der Waals surface area contributed by atoms with Gasteiger partial charge in [0.05, 0.1) is 12.6 Å². The Morgan fingerprint density at radius 3 is 2.52 bits per heavy atom. The lowest BCUT2D eigenvalue weighted by Crippen LogP contribution is -2.47. The molecule has 9 heteroatoms. The molecule has 3 amide bonds. The first-order valence-electron chi connectivity index (χ1n) is 7.71. The van der Waals surface area contributed by atoms with E-state index in [4.69, 9.17) is 4.74 Å². The largest absolute Gasteiger partial charge is 0.490 e. The second-order valence-electron chi connectivity index (χ2n) is 5.25. The number of imide groups is 1. The fraction of sp³-hybridized carbons (Fsp3) is 0.500. The van der Waals surface area contributed by atoms with Crippen LogP contribution in [0.1, 0.15) is 19.4 Å². The van der Waals surface area contributed by atoms with Crippen LogP contribution < -0.4 is 20.1 Å². The second kappa shape index (κ2) is 9.77. The topological polar surface area (TPSA) is 79.9 Å². The molecule has 0 aliphatic heterocycles. The van der Waals surface area contributed by atoms with Crippen LogP contribution in [0, 0.1) is 0 Å². The molecule has 1 rings (SSSR count). The zero-order valence-corrected chi connectivity index (χ0v) is 14.6. The van der Waals surface area contributed by atoms with Gasteiger partial charge in [-0.1, -0.05) is 6.07 Å². The first kappa shape index (κ1) is 20.6. The maximum Gasteiger partial charge on any atom is 0.387 e. The van der Waals surface area contributed by atoms with Crippen LogP contribution in [0.2, 0.25) is 0 Å². The number of rotatable bonds is 8. The predicted octanol–water partition coefficient (Wildman–Crippen LogP) is 1.96. The van der Waals surface area contributed by atoms with Gasteiger partial charge < -0.3 is 14.8 Å². The van der Waals surface area contributed by atoms with Gasteiger partial charge >= 0.3 is 12.6 Å². The van der Waals surface area contributed by atoms with Crippen LogP contribution in [0.3, 0.4) is 0 Å². The maximum atomic E-state index is 12.4. The highest BCUT2D eigenvalue weighted by atomic mass is 19.3. The summed E-state index contributed by atoms with van der Waals surface area (Å²) >= 11 is 0. The number of ether oxygens (including phenoxy) is 2. The van der Waals surface area contributed by atoms with E-state index >= 15 is 0 Å². The molecule has 140 valence electrons. The highest BCUT2D eigenvalue weighted by molar-refractivity contribution is 5.96. The molecule has 0 aliphatic rings. The molecule has 0 radical (unpaired) electrons. The number of carbonyl (C=O) groups excluding carboxylic acids is 2. The minimum Gasteiger partial charge on any atom is -0.490 e. The molecule has 0 fully saturated rings. The van der Waals surface area contributed by atoms with Gasteiger partial charge in [-0.25, -0.2) is 4.79 Å². The van der Waals surface area contributed by atoms with Gasteiger partial charge in [0.1, 0.15) is 0 Å². The number of nitrogens with one attached hydrogen (secondary N) is 2. The van der Waals surface area contributed by atoms with Gasteiger partial charge in [-0.15, -0.1) is 0 Å². The number of hydrogen-bond acceptors (Lipinski definition) is 5. The van der Waals surface area contributed by atoms with Crippen molar-refractivity contribution in [3.05, 3.63) is 23.8 Å². The zero-order valence-electron chi connectivity index (χ0n) is 14.6. The van der Waals surface area contributed by atoms with E-state index in [9.17, 15) is 18.4 Å². The van der Waals surface area contributed by atoms with Gasteiger partial charge in [0.15, 0.2) is 11.5 Å². The minimum atomic E-state index is -2.94. The van der Waals surface area contributed by atoms with Gasteiger partial charge in [0.2, 0.25) is 5.91 Å². The number of benzene rings is 1. The average molecular weight is 359 g/mol. The van der Waals surface area contributed by atoms with Crippen molar-refractivity contribution >= 4 is 11.9 Å². The second-order valence-corrected chi connectivity index (χ2v) is 5.25. The molecule has 0 heterocycles. The van der Waals surface area contributed by atoms with Crippen molar-refractivity contribution in [3.8, 4) is 11.5 Å². The molecule has 0 saturated heterocycles. The number of halogens is 2. The summed E-state index contributed by atoms with van der Waals surface area (Å²) in [6.07, 6.45) is 0. The van der Waals surface area contributed by atoms with Crippen LogP contribution in [0.25, 0.3) is 0 Å². The van der Waals surface area contributed by atoms with Crippen LogP contribution >= 0.6 is 0 Å². The third-order valence-electron chi connectivity index (χ3n) is 3.46. The number of nitrogens with zero attached hydrogens (tertiary/aromatic N) is 1. The molecule has 1 aromatic rings. The van der Waals surface area contributed by atoms with Crippen LogP contribution in [0.15, 0.2) is 18.2 Å². The van der Waals surface area contributed by atoms with Crippen molar-refractivity contribution < 1.29 is 27.8 Å². The normalized spacial score (nSPS) is 12.0. The van der Waals surface area contributed by atoms with Crippen molar-refractivity contribution in [2.45, 2.75) is 33.0 Å². The summed E-state index contributed by atoms with van der Waals surface area (Å²) in [5, 5.41) is 4.50. The van der Waals surface area contributed by atoms with Crippen LogP contribution in [0.4, 0.5) is 13.6 Å². The lowest BCUT2D eigenvalue weighted by Gasteiger charge is -2.24. The van der Waals surface area contributed by atoms with E-state index in [2.05, 4.69) is 15.4 Å². The monoisotopic (exact) mass is 359 g/mol. The molecule has 2 N–H and O–H groups in total. The number of carbonyl (C=O) groups is 2. The lowest BCUT2D eigenvalue weighted by molar-refractivity contribution is -0.124. The van der Waals surface area contributed by atoms with E-state index in [1.165, 1.54) is 13.1 Å². The van der Waals surface area contributed by atoms with E-state index < -0.39 is 24.6 Å². The molecule has 0 aliphatic carbocycles. The first-order chi connectivity index (χ1) is 11.8. The van der Waals surface area contributed by atoms with Gasteiger partial charge in [0.25, 0.3) is 0 Å². The highest BCUT2D eigenvalue weighted by Gasteiger charge is 2.20. The smallest absolute Gasteiger partial charge is 0.387 e. The maximum absolute atomic E-state index is 12.4. The molecule has 0 spiro atoms. The molecule has 25 heavy (non-hydrogen) atoms. The van der Waals surface area contributed by atoms with E-state index in [1.807, 2.05) is 0 Å². The van der Waals surface area contributed by atoms with Gasteiger partial charge in [-0.3, -0.25) is 15.0 Å². The molecule has 1 aromatic carbocycles. The molecule has 0 saturated carbocycles. The fourth-order valence-electron chi connectivity index (χ4n) is 2.02. The molecule has 7 nitrogen and oxygen atoms in total. The Morgan fingerprint density at radius 2 is 1.96 bits per heavy atom. The molecule has 1 unspecified atom stereocenters. The number of amides is 3. The van der Waals surface area contributed by atoms with Crippen LogP contribution in [-0.2, 0) is 11.3 Å². The Labute approximate surface area is 145 Å². The minimum absolute atomic E-state index is 0.0475. The van der Waals surface area contributed by atoms with Crippen molar-refractivity contribution in [2.75, 3.05) is 20.7 Å². The summed E-state index contributed by atoms with van der Waals surface area (Å²) in [5.41, 5.74) is 0.743. The summed E-state index contributed by atoms with van der Waals surface area (Å²) in [6.45, 7) is 1.08. The van der Waals surface area contributed by atoms with E-state index in [1.54, 1.807) is 37.9 Å². The third-order valence-corrected chi connectivity index (χ3v) is 3.46. The number of hydrogen-bond donors (Lipinski definition) is 2. The Morgan fingerprint density at radius 1 is 1.28 bits per heavy atom. The molecular formula is C16H23F2N3O4. The summed E-state index contributed by atoms with van der Waals surface area (Å²) in [5.74, 6) is -0.297. The zero-order chi connectivity index (χ0) is 19.0. The number of alkyl halides is 2. The Bertz CT molecular complexity index is 599. The van der Waals surface area contributed by atoms with Crippen molar-refractivity contribution in [1.82, 2.24) is 15.5 Å². The fourth-order valence-corrected chi connectivity index (χ4v) is 2.02. The van der Waals surface area contributed by atoms with E-state index in [0.29, 0.717) is 13.2 Å². The van der Waals surface area contributed by atoms with Crippen LogP contribution in [0.5, 0.6) is 11.5 Å².